The highest BCUT2D eigenvalue weighted by Gasteiger charge is 2.33. The minimum Gasteiger partial charge on any atom is -0.507 e. The Balaban J connectivity index is 2.93. The molecule has 0 bridgehead atoms. The maximum absolute atomic E-state index is 12.3. The van der Waals surface area contributed by atoms with E-state index in [2.05, 4.69) is 0 Å². The Kier molecular flexibility index (Phi) is 4.58. The molecule has 100 valence electrons. The summed E-state index contributed by atoms with van der Waals surface area (Å²) in [5.74, 6) is -1.13. The Hall–Kier alpha value is -1.72. The molecule has 1 aromatic carbocycles. The van der Waals surface area contributed by atoms with Gasteiger partial charge in [0.05, 0.1) is 5.56 Å². The average Bonchev–Trinajstić information content (AvgIpc) is 2.26. The monoisotopic (exact) mass is 261 g/mol. The van der Waals surface area contributed by atoms with Gasteiger partial charge in [0.1, 0.15) is 12.3 Å². The number of benzene rings is 1. The molecular weight excluding hydrogens is 247 g/mol. The fraction of sp³-hybridized carbons (Fsp3) is 0.417. The lowest BCUT2D eigenvalue weighted by Crippen LogP contribution is -2.39. The number of rotatable bonds is 4. The average molecular weight is 261 g/mol. The van der Waals surface area contributed by atoms with Crippen molar-refractivity contribution in [1.29, 1.82) is 0 Å². The van der Waals surface area contributed by atoms with E-state index in [1.807, 2.05) is 0 Å². The first-order valence-corrected chi connectivity index (χ1v) is 5.49. The lowest BCUT2D eigenvalue weighted by Gasteiger charge is -2.23. The highest BCUT2D eigenvalue weighted by molar-refractivity contribution is 5.96. The van der Waals surface area contributed by atoms with Crippen LogP contribution in [0.2, 0.25) is 0 Å². The smallest absolute Gasteiger partial charge is 0.406 e. The zero-order valence-corrected chi connectivity index (χ0v) is 9.87. The van der Waals surface area contributed by atoms with Gasteiger partial charge in [-0.25, -0.2) is 0 Å². The third-order valence-corrected chi connectivity index (χ3v) is 2.29. The van der Waals surface area contributed by atoms with Crippen LogP contribution in [-0.2, 0) is 0 Å². The molecule has 0 heterocycles. The van der Waals surface area contributed by atoms with Crippen molar-refractivity contribution in [3.05, 3.63) is 29.8 Å². The molecule has 0 fully saturated rings. The van der Waals surface area contributed by atoms with Crippen molar-refractivity contribution >= 4 is 5.91 Å². The highest BCUT2D eigenvalue weighted by atomic mass is 19.4. The molecule has 0 aliphatic rings. The van der Waals surface area contributed by atoms with Crippen LogP contribution in [-0.4, -0.2) is 35.2 Å². The van der Waals surface area contributed by atoms with Gasteiger partial charge in [-0.2, -0.15) is 13.2 Å². The second-order valence-corrected chi connectivity index (χ2v) is 3.86. The maximum Gasteiger partial charge on any atom is 0.406 e. The number of para-hydroxylation sites is 1. The lowest BCUT2D eigenvalue weighted by atomic mass is 10.1. The third-order valence-electron chi connectivity index (χ3n) is 2.29. The zero-order valence-electron chi connectivity index (χ0n) is 9.87. The molecule has 1 amide bonds. The van der Waals surface area contributed by atoms with Crippen LogP contribution in [0.3, 0.4) is 0 Å². The second kappa shape index (κ2) is 5.75. The number of carbonyl (C=O) groups is 1. The molecule has 0 aromatic heterocycles. The quantitative estimate of drug-likeness (QED) is 0.905. The largest absolute Gasteiger partial charge is 0.507 e. The summed E-state index contributed by atoms with van der Waals surface area (Å²) in [5.41, 5.74) is -0.116. The van der Waals surface area contributed by atoms with Gasteiger partial charge < -0.3 is 10.0 Å². The molecule has 1 aromatic rings. The van der Waals surface area contributed by atoms with E-state index < -0.39 is 18.6 Å². The molecule has 0 saturated heterocycles. The van der Waals surface area contributed by atoms with Gasteiger partial charge in [-0.1, -0.05) is 19.1 Å². The predicted molar refractivity (Wildman–Crippen MR) is 60.4 cm³/mol. The van der Waals surface area contributed by atoms with Crippen molar-refractivity contribution in [2.24, 2.45) is 0 Å². The number of phenolic OH excluding ortho intramolecular Hbond substituents is 1. The number of alkyl halides is 3. The summed E-state index contributed by atoms with van der Waals surface area (Å²) in [6, 6.07) is 5.56. The summed E-state index contributed by atoms with van der Waals surface area (Å²) in [7, 11) is 0. The standard InChI is InChI=1S/C12H14F3NO2/c1-2-7-16(8-12(13,14)15)11(18)9-5-3-4-6-10(9)17/h3-6,17H,2,7-8H2,1H3. The van der Waals surface area contributed by atoms with Crippen molar-refractivity contribution in [3.8, 4) is 5.75 Å². The van der Waals surface area contributed by atoms with Gasteiger partial charge >= 0.3 is 6.18 Å². The van der Waals surface area contributed by atoms with Crippen molar-refractivity contribution in [2.75, 3.05) is 13.1 Å². The van der Waals surface area contributed by atoms with Gasteiger partial charge in [-0.15, -0.1) is 0 Å². The Morgan fingerprint density at radius 2 is 1.94 bits per heavy atom. The molecule has 0 unspecified atom stereocenters. The van der Waals surface area contributed by atoms with Crippen molar-refractivity contribution in [2.45, 2.75) is 19.5 Å². The molecule has 0 atom stereocenters. The predicted octanol–water partition coefficient (Wildman–Crippen LogP) is 2.81. The third kappa shape index (κ3) is 3.94. The van der Waals surface area contributed by atoms with Crippen LogP contribution in [0.25, 0.3) is 0 Å². The number of amides is 1. The fourth-order valence-corrected chi connectivity index (χ4v) is 1.56. The van der Waals surface area contributed by atoms with Gasteiger partial charge in [-0.3, -0.25) is 4.79 Å². The summed E-state index contributed by atoms with van der Waals surface area (Å²) in [6.07, 6.45) is -4.04. The van der Waals surface area contributed by atoms with Gasteiger partial charge in [0.2, 0.25) is 0 Å². The van der Waals surface area contributed by atoms with Gasteiger partial charge in [0.25, 0.3) is 5.91 Å². The Labute approximate surface area is 103 Å². The number of phenols is 1. The minimum absolute atomic E-state index is 0.00726. The molecule has 6 heteroatoms. The Morgan fingerprint density at radius 3 is 2.44 bits per heavy atom. The molecule has 0 radical (unpaired) electrons. The number of carbonyl (C=O) groups excluding carboxylic acids is 1. The number of nitrogens with zero attached hydrogens (tertiary/aromatic N) is 1. The SMILES string of the molecule is CCCN(CC(F)(F)F)C(=O)c1ccccc1O. The molecule has 0 aliphatic heterocycles. The number of halogens is 3. The summed E-state index contributed by atoms with van der Waals surface area (Å²) in [6.45, 7) is 0.363. The molecular formula is C12H14F3NO2. The van der Waals surface area contributed by atoms with Crippen molar-refractivity contribution in [1.82, 2.24) is 4.90 Å². The van der Waals surface area contributed by atoms with E-state index in [1.165, 1.54) is 24.3 Å². The summed E-state index contributed by atoms with van der Waals surface area (Å²) in [4.78, 5) is 12.6. The van der Waals surface area contributed by atoms with Crippen molar-refractivity contribution in [3.63, 3.8) is 0 Å². The number of aromatic hydroxyl groups is 1. The first-order chi connectivity index (χ1) is 8.35. The van der Waals surface area contributed by atoms with E-state index in [0.717, 1.165) is 0 Å². The Bertz CT molecular complexity index is 418. The fourth-order valence-electron chi connectivity index (χ4n) is 1.56. The molecule has 0 aliphatic carbocycles. The number of hydrogen-bond donors (Lipinski definition) is 1. The summed E-state index contributed by atoms with van der Waals surface area (Å²) in [5, 5.41) is 9.47. The van der Waals surface area contributed by atoms with Gasteiger partial charge in [-0.05, 0) is 18.6 Å². The first-order valence-electron chi connectivity index (χ1n) is 5.49. The van der Waals surface area contributed by atoms with Gasteiger partial charge in [0.15, 0.2) is 0 Å². The summed E-state index contributed by atoms with van der Waals surface area (Å²) >= 11 is 0. The van der Waals surface area contributed by atoms with Crippen molar-refractivity contribution < 1.29 is 23.1 Å². The molecule has 0 spiro atoms. The van der Waals surface area contributed by atoms with Crippen LogP contribution in [0.5, 0.6) is 5.75 Å². The van der Waals surface area contributed by atoms with E-state index in [4.69, 9.17) is 0 Å². The van der Waals surface area contributed by atoms with E-state index >= 15 is 0 Å². The van der Waals surface area contributed by atoms with E-state index in [9.17, 15) is 23.1 Å². The summed E-state index contributed by atoms with van der Waals surface area (Å²) < 4.78 is 37.0. The van der Waals surface area contributed by atoms with Crippen LogP contribution >= 0.6 is 0 Å². The molecule has 18 heavy (non-hydrogen) atoms. The van der Waals surface area contributed by atoms with E-state index in [1.54, 1.807) is 6.92 Å². The van der Waals surface area contributed by atoms with Crippen LogP contribution in [0.15, 0.2) is 24.3 Å². The molecule has 1 N–H and O–H groups in total. The van der Waals surface area contributed by atoms with Crippen LogP contribution in [0.4, 0.5) is 13.2 Å². The van der Waals surface area contributed by atoms with Crippen LogP contribution < -0.4 is 0 Å². The normalized spacial score (nSPS) is 11.3. The maximum atomic E-state index is 12.3. The first kappa shape index (κ1) is 14.3. The highest BCUT2D eigenvalue weighted by Crippen LogP contribution is 2.22. The molecule has 0 saturated carbocycles. The van der Waals surface area contributed by atoms with Gasteiger partial charge in [0, 0.05) is 6.54 Å². The lowest BCUT2D eigenvalue weighted by molar-refractivity contribution is -0.140. The topological polar surface area (TPSA) is 40.5 Å². The Morgan fingerprint density at radius 1 is 1.33 bits per heavy atom. The van der Waals surface area contributed by atoms with E-state index in [0.29, 0.717) is 11.3 Å². The molecule has 3 nitrogen and oxygen atoms in total. The zero-order chi connectivity index (χ0) is 13.8. The number of hydrogen-bond acceptors (Lipinski definition) is 2. The second-order valence-electron chi connectivity index (χ2n) is 3.86. The van der Waals surface area contributed by atoms with Crippen LogP contribution in [0, 0.1) is 0 Å². The minimum atomic E-state index is -4.45. The molecule has 1 rings (SSSR count). The van der Waals surface area contributed by atoms with Crippen LogP contribution in [0.1, 0.15) is 23.7 Å². The van der Waals surface area contributed by atoms with E-state index in [-0.39, 0.29) is 17.9 Å².